The molecule has 0 saturated heterocycles. The van der Waals surface area contributed by atoms with Crippen LogP contribution in [0.25, 0.3) is 0 Å². The van der Waals surface area contributed by atoms with Crippen LogP contribution in [0, 0.1) is 11.8 Å². The van der Waals surface area contributed by atoms with Gasteiger partial charge in [-0.25, -0.2) is 4.79 Å². The zero-order valence-electron chi connectivity index (χ0n) is 12.7. The van der Waals surface area contributed by atoms with Crippen molar-refractivity contribution in [2.75, 3.05) is 6.54 Å². The first-order chi connectivity index (χ1) is 10.6. The summed E-state index contributed by atoms with van der Waals surface area (Å²) in [6.45, 7) is 7.89. The van der Waals surface area contributed by atoms with Crippen molar-refractivity contribution in [1.29, 1.82) is 0 Å². The van der Waals surface area contributed by atoms with Crippen molar-refractivity contribution in [2.45, 2.75) is 25.0 Å². The van der Waals surface area contributed by atoms with Crippen LogP contribution < -0.4 is 5.32 Å². The van der Waals surface area contributed by atoms with E-state index in [-0.39, 0.29) is 25.0 Å². The largest absolute Gasteiger partial charge is 0.445 e. The molecule has 0 aliphatic heterocycles. The van der Waals surface area contributed by atoms with E-state index in [0.29, 0.717) is 0 Å². The molecule has 1 aromatic rings. The van der Waals surface area contributed by atoms with Crippen molar-refractivity contribution in [3.05, 3.63) is 61.2 Å². The Morgan fingerprint density at radius 3 is 2.41 bits per heavy atom. The molecule has 1 saturated carbocycles. The number of hydrogen-bond donors (Lipinski definition) is 2. The van der Waals surface area contributed by atoms with E-state index in [1.807, 2.05) is 30.3 Å². The molecule has 2 rings (SSSR count). The number of hydrogen-bond acceptors (Lipinski definition) is 3. The van der Waals surface area contributed by atoms with Gasteiger partial charge in [0.1, 0.15) is 6.61 Å². The standard InChI is InChI=1S/C18H23NO3/c1-3-15-10-11-16(4-2)18(15,21)13-19-17(20)22-12-14-8-6-5-7-9-14/h3-9,15-16,21H,1-2,10-13H2,(H,19,20)/t15-,16-/m0/s1. The van der Waals surface area contributed by atoms with Gasteiger partial charge in [-0.2, -0.15) is 0 Å². The second-order valence-electron chi connectivity index (χ2n) is 5.67. The highest BCUT2D eigenvalue weighted by molar-refractivity contribution is 5.67. The van der Waals surface area contributed by atoms with E-state index in [1.165, 1.54) is 0 Å². The average molecular weight is 301 g/mol. The summed E-state index contributed by atoms with van der Waals surface area (Å²) in [6, 6.07) is 9.46. The fraction of sp³-hybridized carbons (Fsp3) is 0.389. The van der Waals surface area contributed by atoms with Gasteiger partial charge in [0, 0.05) is 11.8 Å². The maximum absolute atomic E-state index is 11.8. The summed E-state index contributed by atoms with van der Waals surface area (Å²) in [4.78, 5) is 11.8. The smallest absolute Gasteiger partial charge is 0.407 e. The lowest BCUT2D eigenvalue weighted by Gasteiger charge is -2.32. The first kappa shape index (κ1) is 16.3. The Hall–Kier alpha value is -2.07. The number of carbonyl (C=O) groups excluding carboxylic acids is 1. The fourth-order valence-corrected chi connectivity index (χ4v) is 3.03. The van der Waals surface area contributed by atoms with Gasteiger partial charge in [0.15, 0.2) is 0 Å². The molecule has 2 N–H and O–H groups in total. The summed E-state index contributed by atoms with van der Waals surface area (Å²) in [6.07, 6.45) is 4.66. The molecule has 22 heavy (non-hydrogen) atoms. The Balaban J connectivity index is 1.86. The minimum atomic E-state index is -1.03. The lowest BCUT2D eigenvalue weighted by molar-refractivity contribution is -0.00616. The maximum Gasteiger partial charge on any atom is 0.407 e. The number of alkyl carbamates (subject to hydrolysis) is 1. The Kier molecular flexibility index (Phi) is 5.39. The fourth-order valence-electron chi connectivity index (χ4n) is 3.03. The van der Waals surface area contributed by atoms with Gasteiger partial charge in [0.05, 0.1) is 12.1 Å². The maximum atomic E-state index is 11.8. The molecule has 1 fully saturated rings. The first-order valence-corrected chi connectivity index (χ1v) is 7.52. The van der Waals surface area contributed by atoms with Crippen molar-refractivity contribution in [3.8, 4) is 0 Å². The molecule has 0 heterocycles. The van der Waals surface area contributed by atoms with Crippen molar-refractivity contribution < 1.29 is 14.6 Å². The molecule has 0 spiro atoms. The zero-order chi connectivity index (χ0) is 16.0. The van der Waals surface area contributed by atoms with Crippen molar-refractivity contribution in [3.63, 3.8) is 0 Å². The minimum absolute atomic E-state index is 0.0510. The van der Waals surface area contributed by atoms with Crippen LogP contribution in [-0.4, -0.2) is 23.3 Å². The van der Waals surface area contributed by atoms with E-state index in [1.54, 1.807) is 12.2 Å². The monoisotopic (exact) mass is 301 g/mol. The Morgan fingerprint density at radius 1 is 1.27 bits per heavy atom. The van der Waals surface area contributed by atoms with Crippen LogP contribution in [0.5, 0.6) is 0 Å². The van der Waals surface area contributed by atoms with E-state index < -0.39 is 11.7 Å². The van der Waals surface area contributed by atoms with Crippen LogP contribution in [0.15, 0.2) is 55.6 Å². The van der Waals surface area contributed by atoms with Crippen LogP contribution in [0.3, 0.4) is 0 Å². The number of amides is 1. The van der Waals surface area contributed by atoms with Crippen molar-refractivity contribution in [2.24, 2.45) is 11.8 Å². The van der Waals surface area contributed by atoms with Gasteiger partial charge in [-0.05, 0) is 18.4 Å². The van der Waals surface area contributed by atoms with Gasteiger partial charge in [-0.3, -0.25) is 0 Å². The molecule has 2 atom stereocenters. The van der Waals surface area contributed by atoms with Crippen LogP contribution in [0.2, 0.25) is 0 Å². The van der Waals surface area contributed by atoms with Crippen LogP contribution in [-0.2, 0) is 11.3 Å². The normalized spacial score (nSPS) is 22.8. The molecule has 1 aliphatic carbocycles. The molecule has 0 radical (unpaired) electrons. The van der Waals surface area contributed by atoms with Crippen molar-refractivity contribution in [1.82, 2.24) is 5.32 Å². The Morgan fingerprint density at radius 2 is 1.86 bits per heavy atom. The molecular formula is C18H23NO3. The van der Waals surface area contributed by atoms with Crippen molar-refractivity contribution >= 4 is 6.09 Å². The SMILES string of the molecule is C=C[C@H]1CC[C@H](C=C)C1(O)CNC(=O)OCc1ccccc1. The molecular weight excluding hydrogens is 278 g/mol. The van der Waals surface area contributed by atoms with Gasteiger partial charge < -0.3 is 15.2 Å². The average Bonchev–Trinajstić information content (AvgIpc) is 2.88. The summed E-state index contributed by atoms with van der Waals surface area (Å²) in [5, 5.41) is 13.5. The highest BCUT2D eigenvalue weighted by Crippen LogP contribution is 2.41. The molecule has 4 nitrogen and oxygen atoms in total. The predicted molar refractivity (Wildman–Crippen MR) is 86.2 cm³/mol. The third-order valence-electron chi connectivity index (χ3n) is 4.37. The van der Waals surface area contributed by atoms with E-state index in [0.717, 1.165) is 18.4 Å². The third kappa shape index (κ3) is 3.57. The summed E-state index contributed by atoms with van der Waals surface area (Å²) in [7, 11) is 0. The number of aliphatic hydroxyl groups is 1. The van der Waals surface area contributed by atoms with Crippen LogP contribution >= 0.6 is 0 Å². The topological polar surface area (TPSA) is 58.6 Å². The van der Waals surface area contributed by atoms with E-state index in [2.05, 4.69) is 18.5 Å². The Labute approximate surface area is 131 Å². The predicted octanol–water partition coefficient (Wildman–Crippen LogP) is 3.04. The molecule has 0 bridgehead atoms. The number of rotatable bonds is 6. The van der Waals surface area contributed by atoms with Gasteiger partial charge in [-0.15, -0.1) is 13.2 Å². The van der Waals surface area contributed by atoms with Gasteiger partial charge in [0.2, 0.25) is 0 Å². The summed E-state index contributed by atoms with van der Waals surface area (Å²) < 4.78 is 5.16. The van der Waals surface area contributed by atoms with Gasteiger partial charge in [-0.1, -0.05) is 42.5 Å². The highest BCUT2D eigenvalue weighted by atomic mass is 16.5. The number of ether oxygens (including phenoxy) is 1. The summed E-state index contributed by atoms with van der Waals surface area (Å²) >= 11 is 0. The van der Waals surface area contributed by atoms with Crippen LogP contribution in [0.1, 0.15) is 18.4 Å². The highest BCUT2D eigenvalue weighted by Gasteiger charge is 2.46. The Bertz CT molecular complexity index is 510. The third-order valence-corrected chi connectivity index (χ3v) is 4.37. The quantitative estimate of drug-likeness (QED) is 0.794. The molecule has 0 unspecified atom stereocenters. The van der Waals surface area contributed by atoms with E-state index in [9.17, 15) is 9.90 Å². The minimum Gasteiger partial charge on any atom is -0.445 e. The van der Waals surface area contributed by atoms with Gasteiger partial charge in [0.25, 0.3) is 0 Å². The number of carbonyl (C=O) groups is 1. The lowest BCUT2D eigenvalue weighted by atomic mass is 9.84. The summed E-state index contributed by atoms with van der Waals surface area (Å²) in [5.74, 6) is -0.102. The zero-order valence-corrected chi connectivity index (χ0v) is 12.7. The molecule has 1 amide bonds. The van der Waals surface area contributed by atoms with E-state index in [4.69, 9.17) is 4.74 Å². The molecule has 1 aliphatic rings. The molecule has 118 valence electrons. The summed E-state index contributed by atoms with van der Waals surface area (Å²) in [5.41, 5.74) is -0.111. The molecule has 0 aromatic heterocycles. The van der Waals surface area contributed by atoms with Crippen LogP contribution in [0.4, 0.5) is 4.79 Å². The second kappa shape index (κ2) is 7.27. The van der Waals surface area contributed by atoms with E-state index >= 15 is 0 Å². The molecule has 1 aromatic carbocycles. The van der Waals surface area contributed by atoms with Gasteiger partial charge >= 0.3 is 6.09 Å². The first-order valence-electron chi connectivity index (χ1n) is 7.52. The number of benzene rings is 1. The lowest BCUT2D eigenvalue weighted by Crippen LogP contribution is -2.49. The molecule has 4 heteroatoms. The second-order valence-corrected chi connectivity index (χ2v) is 5.67. The number of nitrogens with one attached hydrogen (secondary N) is 1.